The molecule has 2 aromatic carbocycles. The summed E-state index contributed by atoms with van der Waals surface area (Å²) in [7, 11) is 0. The molecule has 0 bridgehead atoms. The highest BCUT2D eigenvalue weighted by atomic mass is 35.5. The van der Waals surface area contributed by atoms with E-state index in [0.717, 1.165) is 18.2 Å². The highest BCUT2D eigenvalue weighted by Gasteiger charge is 2.21. The van der Waals surface area contributed by atoms with Gasteiger partial charge in [-0.05, 0) is 30.3 Å². The van der Waals surface area contributed by atoms with Crippen molar-refractivity contribution in [3.63, 3.8) is 0 Å². The zero-order valence-electron chi connectivity index (χ0n) is 10.9. The summed E-state index contributed by atoms with van der Waals surface area (Å²) in [5, 5.41) is 24.4. The lowest BCUT2D eigenvalue weighted by molar-refractivity contribution is -0.393. The Bertz CT molecular complexity index is 761. The first-order chi connectivity index (χ1) is 10.4. The van der Waals surface area contributed by atoms with E-state index in [4.69, 9.17) is 11.6 Å². The van der Waals surface area contributed by atoms with Crippen LogP contribution in [0.4, 0.5) is 17.1 Å². The Morgan fingerprint density at radius 2 is 1.64 bits per heavy atom. The summed E-state index contributed by atoms with van der Waals surface area (Å²) in [6.07, 6.45) is 0. The molecule has 0 aromatic heterocycles. The van der Waals surface area contributed by atoms with E-state index in [2.05, 4.69) is 5.32 Å². The monoisotopic (exact) mass is 321 g/mol. The second kappa shape index (κ2) is 6.19. The lowest BCUT2D eigenvalue weighted by Gasteiger charge is -2.06. The van der Waals surface area contributed by atoms with Gasteiger partial charge in [-0.2, -0.15) is 0 Å². The van der Waals surface area contributed by atoms with Gasteiger partial charge in [0, 0.05) is 16.7 Å². The molecule has 0 radical (unpaired) electrons. The van der Waals surface area contributed by atoms with Crippen molar-refractivity contribution in [3.05, 3.63) is 73.3 Å². The Kier molecular flexibility index (Phi) is 4.33. The second-order valence-electron chi connectivity index (χ2n) is 4.18. The van der Waals surface area contributed by atoms with Gasteiger partial charge in [-0.15, -0.1) is 0 Å². The molecule has 1 N–H and O–H groups in total. The molecule has 0 fully saturated rings. The summed E-state index contributed by atoms with van der Waals surface area (Å²) in [5.74, 6) is -0.589. The number of nitro groups is 2. The molecule has 112 valence electrons. The van der Waals surface area contributed by atoms with Gasteiger partial charge in [0.05, 0.1) is 15.9 Å². The Morgan fingerprint density at radius 1 is 1.00 bits per heavy atom. The maximum atomic E-state index is 12.0. The minimum Gasteiger partial charge on any atom is -0.316 e. The number of hydrogen-bond donors (Lipinski definition) is 1. The van der Waals surface area contributed by atoms with Crippen molar-refractivity contribution in [2.24, 2.45) is 0 Å². The van der Waals surface area contributed by atoms with Gasteiger partial charge in [0.25, 0.3) is 17.3 Å². The lowest BCUT2D eigenvalue weighted by atomic mass is 10.2. The molecule has 1 amide bonds. The van der Waals surface area contributed by atoms with E-state index in [1.807, 2.05) is 0 Å². The quantitative estimate of drug-likeness (QED) is 0.684. The van der Waals surface area contributed by atoms with Crippen molar-refractivity contribution in [3.8, 4) is 0 Å². The normalized spacial score (nSPS) is 10.0. The fraction of sp³-hybridized carbons (Fsp3) is 0. The number of rotatable bonds is 4. The van der Waals surface area contributed by atoms with Crippen molar-refractivity contribution in [1.82, 2.24) is 0 Å². The first-order valence-electron chi connectivity index (χ1n) is 5.88. The molecule has 0 saturated heterocycles. The Morgan fingerprint density at radius 3 is 2.18 bits per heavy atom. The number of nitro benzene ring substituents is 2. The van der Waals surface area contributed by atoms with Gasteiger partial charge in [0.2, 0.25) is 0 Å². The van der Waals surface area contributed by atoms with E-state index >= 15 is 0 Å². The number of carbonyl (C=O) groups is 1. The minimum absolute atomic E-state index is 0.129. The van der Waals surface area contributed by atoms with Crippen LogP contribution < -0.4 is 5.32 Å². The molecule has 2 aromatic rings. The van der Waals surface area contributed by atoms with Gasteiger partial charge in [-0.25, -0.2) is 0 Å². The molecule has 0 spiro atoms. The molecule has 0 aliphatic carbocycles. The number of nitrogens with one attached hydrogen (secondary N) is 1. The van der Waals surface area contributed by atoms with E-state index < -0.39 is 27.1 Å². The third kappa shape index (κ3) is 3.36. The van der Waals surface area contributed by atoms with Gasteiger partial charge in [0.15, 0.2) is 0 Å². The molecule has 9 heteroatoms. The number of anilines is 1. The van der Waals surface area contributed by atoms with Crippen molar-refractivity contribution in [2.75, 3.05) is 5.32 Å². The number of amides is 1. The Labute approximate surface area is 128 Å². The van der Waals surface area contributed by atoms with Crippen molar-refractivity contribution < 1.29 is 14.6 Å². The number of non-ortho nitro benzene ring substituents is 1. The number of nitrogens with zero attached hydrogens (tertiary/aromatic N) is 2. The zero-order valence-corrected chi connectivity index (χ0v) is 11.6. The molecule has 0 aliphatic heterocycles. The molecule has 0 aliphatic rings. The van der Waals surface area contributed by atoms with Crippen molar-refractivity contribution in [1.29, 1.82) is 0 Å². The number of benzene rings is 2. The highest BCUT2D eigenvalue weighted by Crippen LogP contribution is 2.29. The molecule has 2 rings (SSSR count). The first kappa shape index (κ1) is 15.4. The smallest absolute Gasteiger partial charge is 0.299 e. The molecular formula is C13H8ClN3O5. The van der Waals surface area contributed by atoms with Crippen LogP contribution in [0.5, 0.6) is 0 Å². The van der Waals surface area contributed by atoms with Crippen LogP contribution in [0.2, 0.25) is 5.02 Å². The van der Waals surface area contributed by atoms with Crippen LogP contribution >= 0.6 is 11.6 Å². The molecule has 0 atom stereocenters. The molecule has 8 nitrogen and oxygen atoms in total. The second-order valence-corrected chi connectivity index (χ2v) is 4.61. The predicted molar refractivity (Wildman–Crippen MR) is 79.2 cm³/mol. The summed E-state index contributed by atoms with van der Waals surface area (Å²) < 4.78 is 0. The van der Waals surface area contributed by atoms with Crippen LogP contribution in [0, 0.1) is 20.2 Å². The number of carbonyl (C=O) groups excluding carboxylic acids is 1. The summed E-state index contributed by atoms with van der Waals surface area (Å²) in [6.45, 7) is 0. The fourth-order valence-corrected chi connectivity index (χ4v) is 1.81. The van der Waals surface area contributed by atoms with Gasteiger partial charge >= 0.3 is 0 Å². The molecule has 0 unspecified atom stereocenters. The average molecular weight is 322 g/mol. The van der Waals surface area contributed by atoms with Crippen LogP contribution in [-0.4, -0.2) is 15.8 Å². The molecular weight excluding hydrogens is 314 g/mol. The van der Waals surface area contributed by atoms with Crippen LogP contribution in [0.1, 0.15) is 10.4 Å². The third-order valence-electron chi connectivity index (χ3n) is 2.74. The van der Waals surface area contributed by atoms with Gasteiger partial charge < -0.3 is 5.32 Å². The number of halogens is 1. The van der Waals surface area contributed by atoms with E-state index in [9.17, 15) is 25.0 Å². The van der Waals surface area contributed by atoms with Crippen LogP contribution in [0.25, 0.3) is 0 Å². The van der Waals surface area contributed by atoms with Gasteiger partial charge in [-0.1, -0.05) is 11.6 Å². The maximum absolute atomic E-state index is 12.0. The van der Waals surface area contributed by atoms with Crippen LogP contribution in [0.3, 0.4) is 0 Å². The predicted octanol–water partition coefficient (Wildman–Crippen LogP) is 3.41. The molecule has 0 saturated carbocycles. The van der Waals surface area contributed by atoms with Gasteiger partial charge in [0.1, 0.15) is 5.69 Å². The fourth-order valence-electron chi connectivity index (χ4n) is 1.69. The van der Waals surface area contributed by atoms with E-state index in [1.54, 1.807) is 0 Å². The largest absolute Gasteiger partial charge is 0.316 e. The average Bonchev–Trinajstić information content (AvgIpc) is 2.47. The Hall–Kier alpha value is -3.00. The third-order valence-corrected chi connectivity index (χ3v) is 3.00. The van der Waals surface area contributed by atoms with E-state index in [1.165, 1.54) is 24.3 Å². The standard InChI is InChI=1S/C13H8ClN3O5/c14-9-3-1-8(2-4-9)13(18)15-11-6-5-10(16(19)20)7-12(11)17(21)22/h1-7H,(H,15,18). The Balaban J connectivity index is 2.32. The van der Waals surface area contributed by atoms with Crippen molar-refractivity contribution >= 4 is 34.6 Å². The maximum Gasteiger partial charge on any atom is 0.299 e. The highest BCUT2D eigenvalue weighted by molar-refractivity contribution is 6.30. The zero-order chi connectivity index (χ0) is 16.3. The lowest BCUT2D eigenvalue weighted by Crippen LogP contribution is -2.13. The van der Waals surface area contributed by atoms with Gasteiger partial charge in [-0.3, -0.25) is 25.0 Å². The summed E-state index contributed by atoms with van der Waals surface area (Å²) in [4.78, 5) is 32.1. The van der Waals surface area contributed by atoms with E-state index in [-0.39, 0.29) is 11.3 Å². The van der Waals surface area contributed by atoms with E-state index in [0.29, 0.717) is 5.02 Å². The number of hydrogen-bond acceptors (Lipinski definition) is 5. The summed E-state index contributed by atoms with van der Waals surface area (Å²) >= 11 is 5.71. The SMILES string of the molecule is O=C(Nc1ccc([N+](=O)[O-])cc1[N+](=O)[O-])c1ccc(Cl)cc1. The molecule has 22 heavy (non-hydrogen) atoms. The topological polar surface area (TPSA) is 115 Å². The van der Waals surface area contributed by atoms with Crippen molar-refractivity contribution in [2.45, 2.75) is 0 Å². The van der Waals surface area contributed by atoms with Crippen LogP contribution in [-0.2, 0) is 0 Å². The minimum atomic E-state index is -0.801. The molecule has 0 heterocycles. The summed E-state index contributed by atoms with van der Waals surface area (Å²) in [6, 6.07) is 8.89. The first-order valence-corrected chi connectivity index (χ1v) is 6.26. The summed E-state index contributed by atoms with van der Waals surface area (Å²) in [5.41, 5.74) is -0.875. The van der Waals surface area contributed by atoms with Crippen LogP contribution in [0.15, 0.2) is 42.5 Å².